The van der Waals surface area contributed by atoms with E-state index in [9.17, 15) is 9.59 Å². The summed E-state index contributed by atoms with van der Waals surface area (Å²) in [5, 5.41) is 7.10. The van der Waals surface area contributed by atoms with Crippen molar-refractivity contribution in [2.75, 3.05) is 14.2 Å². The van der Waals surface area contributed by atoms with Gasteiger partial charge in [-0.15, -0.1) is 5.11 Å². The number of methoxy groups -OCH3 is 2. The first kappa shape index (κ1) is 15.6. The molecule has 1 rings (SSSR count). The predicted molar refractivity (Wildman–Crippen MR) is 69.4 cm³/mol. The van der Waals surface area contributed by atoms with Crippen molar-refractivity contribution in [1.29, 1.82) is 0 Å². The summed E-state index contributed by atoms with van der Waals surface area (Å²) in [6.07, 6.45) is -0.878. The van der Waals surface area contributed by atoms with Gasteiger partial charge in [-0.1, -0.05) is 5.11 Å². The SMILES string of the molecule is COC(=O)N=NC(C)(OC(C)=O)c1ccc(OC)cc1. The van der Waals surface area contributed by atoms with E-state index < -0.39 is 17.8 Å². The lowest BCUT2D eigenvalue weighted by Crippen LogP contribution is -2.25. The van der Waals surface area contributed by atoms with E-state index in [-0.39, 0.29) is 0 Å². The van der Waals surface area contributed by atoms with Gasteiger partial charge in [-0.3, -0.25) is 4.79 Å². The first-order chi connectivity index (χ1) is 9.41. The van der Waals surface area contributed by atoms with Gasteiger partial charge in [0.1, 0.15) is 5.75 Å². The Morgan fingerprint density at radius 2 is 1.75 bits per heavy atom. The lowest BCUT2D eigenvalue weighted by atomic mass is 10.1. The molecule has 108 valence electrons. The minimum Gasteiger partial charge on any atom is -0.497 e. The van der Waals surface area contributed by atoms with Crippen LogP contribution in [0.25, 0.3) is 0 Å². The highest BCUT2D eigenvalue weighted by Gasteiger charge is 2.30. The van der Waals surface area contributed by atoms with Crippen LogP contribution in [0.1, 0.15) is 19.4 Å². The highest BCUT2D eigenvalue weighted by molar-refractivity contribution is 5.68. The number of ether oxygens (including phenoxy) is 3. The number of hydrogen-bond donors (Lipinski definition) is 0. The molecule has 0 aliphatic heterocycles. The molecule has 0 bridgehead atoms. The summed E-state index contributed by atoms with van der Waals surface area (Å²) in [4.78, 5) is 22.2. The Morgan fingerprint density at radius 3 is 2.20 bits per heavy atom. The Hall–Kier alpha value is -2.44. The van der Waals surface area contributed by atoms with Gasteiger partial charge in [0.15, 0.2) is 0 Å². The summed E-state index contributed by atoms with van der Waals surface area (Å²) in [5.74, 6) is 0.0935. The summed E-state index contributed by atoms with van der Waals surface area (Å²) in [5.41, 5.74) is -0.868. The number of nitrogens with zero attached hydrogens (tertiary/aromatic N) is 2. The van der Waals surface area contributed by atoms with Gasteiger partial charge in [-0.05, 0) is 24.3 Å². The van der Waals surface area contributed by atoms with Crippen LogP contribution in [-0.2, 0) is 20.0 Å². The number of esters is 1. The monoisotopic (exact) mass is 280 g/mol. The van der Waals surface area contributed by atoms with Gasteiger partial charge >= 0.3 is 12.1 Å². The largest absolute Gasteiger partial charge is 0.497 e. The van der Waals surface area contributed by atoms with Crippen LogP contribution < -0.4 is 4.74 Å². The van der Waals surface area contributed by atoms with Gasteiger partial charge in [-0.2, -0.15) is 0 Å². The molecule has 0 N–H and O–H groups in total. The Balaban J connectivity index is 3.11. The molecular formula is C13H16N2O5. The lowest BCUT2D eigenvalue weighted by molar-refractivity contribution is -0.156. The summed E-state index contributed by atoms with van der Waals surface area (Å²) in [7, 11) is 2.72. The molecule has 1 aromatic rings. The minimum atomic E-state index is -1.41. The molecule has 7 heteroatoms. The molecular weight excluding hydrogens is 264 g/mol. The second kappa shape index (κ2) is 6.65. The van der Waals surface area contributed by atoms with Gasteiger partial charge in [0.2, 0.25) is 5.72 Å². The van der Waals surface area contributed by atoms with Crippen molar-refractivity contribution in [1.82, 2.24) is 0 Å². The van der Waals surface area contributed by atoms with Gasteiger partial charge in [-0.25, -0.2) is 4.79 Å². The first-order valence-electron chi connectivity index (χ1n) is 5.76. The molecule has 7 nitrogen and oxygen atoms in total. The Morgan fingerprint density at radius 1 is 1.15 bits per heavy atom. The Kier molecular flexibility index (Phi) is 5.19. The number of rotatable bonds is 4. The molecule has 0 spiro atoms. The molecule has 0 saturated heterocycles. The van der Waals surface area contributed by atoms with E-state index in [1.54, 1.807) is 24.3 Å². The summed E-state index contributed by atoms with van der Waals surface area (Å²) >= 11 is 0. The zero-order valence-electron chi connectivity index (χ0n) is 11.7. The number of amides is 1. The fourth-order valence-corrected chi connectivity index (χ4v) is 1.49. The minimum absolute atomic E-state index is 0.543. The van der Waals surface area contributed by atoms with E-state index in [4.69, 9.17) is 9.47 Å². The van der Waals surface area contributed by atoms with Crippen LogP contribution in [0.4, 0.5) is 4.79 Å². The topological polar surface area (TPSA) is 86.5 Å². The van der Waals surface area contributed by atoms with Crippen molar-refractivity contribution >= 4 is 12.1 Å². The van der Waals surface area contributed by atoms with Crippen LogP contribution in [0.2, 0.25) is 0 Å². The van der Waals surface area contributed by atoms with Crippen molar-refractivity contribution < 1.29 is 23.8 Å². The van der Waals surface area contributed by atoms with Crippen LogP contribution >= 0.6 is 0 Å². The number of azo groups is 1. The maximum atomic E-state index is 11.2. The van der Waals surface area contributed by atoms with Crippen LogP contribution in [0, 0.1) is 0 Å². The molecule has 1 amide bonds. The van der Waals surface area contributed by atoms with E-state index in [1.165, 1.54) is 28.1 Å². The van der Waals surface area contributed by atoms with E-state index in [0.717, 1.165) is 0 Å². The summed E-state index contributed by atoms with van der Waals surface area (Å²) in [6, 6.07) is 6.70. The van der Waals surface area contributed by atoms with E-state index in [0.29, 0.717) is 11.3 Å². The highest BCUT2D eigenvalue weighted by atomic mass is 16.6. The molecule has 0 fully saturated rings. The number of benzene rings is 1. The second-order valence-electron chi connectivity index (χ2n) is 3.98. The lowest BCUT2D eigenvalue weighted by Gasteiger charge is -2.23. The zero-order valence-corrected chi connectivity index (χ0v) is 11.7. The van der Waals surface area contributed by atoms with Crippen molar-refractivity contribution in [3.05, 3.63) is 29.8 Å². The molecule has 0 aliphatic carbocycles. The average molecular weight is 280 g/mol. The Bertz CT molecular complexity index is 512. The van der Waals surface area contributed by atoms with Crippen LogP contribution in [0.5, 0.6) is 5.75 Å². The van der Waals surface area contributed by atoms with Crippen LogP contribution in [0.15, 0.2) is 34.5 Å². The third kappa shape index (κ3) is 4.04. The van der Waals surface area contributed by atoms with Gasteiger partial charge in [0, 0.05) is 19.4 Å². The number of hydrogen-bond acceptors (Lipinski definition) is 6. The van der Waals surface area contributed by atoms with E-state index in [2.05, 4.69) is 15.0 Å². The molecule has 1 aromatic carbocycles. The third-order valence-corrected chi connectivity index (χ3v) is 2.47. The van der Waals surface area contributed by atoms with E-state index >= 15 is 0 Å². The first-order valence-corrected chi connectivity index (χ1v) is 5.76. The normalized spacial score (nSPS) is 13.6. The molecule has 0 heterocycles. The zero-order chi connectivity index (χ0) is 15.2. The number of carbonyl (C=O) groups excluding carboxylic acids is 2. The predicted octanol–water partition coefficient (Wildman–Crippen LogP) is 2.65. The molecule has 0 aliphatic rings. The maximum absolute atomic E-state index is 11.2. The van der Waals surface area contributed by atoms with Crippen molar-refractivity contribution in [2.45, 2.75) is 19.6 Å². The maximum Gasteiger partial charge on any atom is 0.451 e. The fraction of sp³-hybridized carbons (Fsp3) is 0.385. The van der Waals surface area contributed by atoms with E-state index in [1.807, 2.05) is 0 Å². The smallest absolute Gasteiger partial charge is 0.451 e. The van der Waals surface area contributed by atoms with Crippen molar-refractivity contribution in [2.24, 2.45) is 10.2 Å². The summed E-state index contributed by atoms with van der Waals surface area (Å²) in [6.45, 7) is 2.76. The fourth-order valence-electron chi connectivity index (χ4n) is 1.49. The molecule has 20 heavy (non-hydrogen) atoms. The number of carbonyl (C=O) groups is 2. The quantitative estimate of drug-likeness (QED) is 0.625. The molecule has 1 atom stereocenters. The van der Waals surface area contributed by atoms with Gasteiger partial charge in [0.25, 0.3) is 0 Å². The highest BCUT2D eigenvalue weighted by Crippen LogP contribution is 2.29. The van der Waals surface area contributed by atoms with Crippen molar-refractivity contribution in [3.8, 4) is 5.75 Å². The third-order valence-electron chi connectivity index (χ3n) is 2.47. The average Bonchev–Trinajstić information content (AvgIpc) is 2.44. The van der Waals surface area contributed by atoms with Crippen LogP contribution in [0.3, 0.4) is 0 Å². The van der Waals surface area contributed by atoms with Crippen LogP contribution in [-0.4, -0.2) is 26.3 Å². The molecule has 0 radical (unpaired) electrons. The molecule has 0 saturated carbocycles. The standard InChI is InChI=1S/C13H16N2O5/c1-9(16)20-13(2,15-14-12(17)19-4)10-5-7-11(18-3)8-6-10/h5-8H,1-4H3. The van der Waals surface area contributed by atoms with Crippen molar-refractivity contribution in [3.63, 3.8) is 0 Å². The molecule has 0 aromatic heterocycles. The summed E-state index contributed by atoms with van der Waals surface area (Å²) < 4.78 is 14.6. The molecule has 1 unspecified atom stereocenters. The second-order valence-corrected chi connectivity index (χ2v) is 3.98. The Labute approximate surface area is 116 Å². The van der Waals surface area contributed by atoms with Gasteiger partial charge in [0.05, 0.1) is 14.2 Å². The van der Waals surface area contributed by atoms with Gasteiger partial charge < -0.3 is 14.2 Å².